The summed E-state index contributed by atoms with van der Waals surface area (Å²) in [6, 6.07) is 19.1. The van der Waals surface area contributed by atoms with Gasteiger partial charge < -0.3 is 4.42 Å². The quantitative estimate of drug-likeness (QED) is 0.661. The first-order chi connectivity index (χ1) is 12.7. The Labute approximate surface area is 155 Å². The van der Waals surface area contributed by atoms with Gasteiger partial charge in [0.05, 0.1) is 5.69 Å². The molecule has 0 saturated carbocycles. The third kappa shape index (κ3) is 3.30. The van der Waals surface area contributed by atoms with Crippen molar-refractivity contribution < 1.29 is 4.42 Å². The van der Waals surface area contributed by atoms with Crippen molar-refractivity contribution in [3.05, 3.63) is 77.0 Å². The average Bonchev–Trinajstić information content (AvgIpc) is 3.27. The first kappa shape index (κ1) is 16.3. The van der Waals surface area contributed by atoms with Crippen molar-refractivity contribution >= 4 is 34.9 Å². The molecule has 26 heavy (non-hydrogen) atoms. The molecule has 1 aliphatic heterocycles. The van der Waals surface area contributed by atoms with Crippen molar-refractivity contribution in [2.24, 2.45) is 15.3 Å². The average molecular weight is 362 g/mol. The molecule has 1 radical (unpaired) electrons. The Kier molecular flexibility index (Phi) is 4.37. The molecule has 2 heterocycles. The second-order valence-corrected chi connectivity index (χ2v) is 6.12. The van der Waals surface area contributed by atoms with Gasteiger partial charge in [0.25, 0.3) is 0 Å². The predicted octanol–water partition coefficient (Wildman–Crippen LogP) is 5.04. The maximum Gasteiger partial charge on any atom is 0.145 e. The zero-order chi connectivity index (χ0) is 17.9. The second kappa shape index (κ2) is 6.98. The van der Waals surface area contributed by atoms with E-state index in [9.17, 15) is 0 Å². The van der Waals surface area contributed by atoms with Crippen LogP contribution in [0.5, 0.6) is 0 Å². The van der Waals surface area contributed by atoms with Crippen LogP contribution in [-0.2, 0) is 0 Å². The van der Waals surface area contributed by atoms with Gasteiger partial charge in [-0.2, -0.15) is 5.10 Å². The largest absolute Gasteiger partial charge is 0.461 e. The van der Waals surface area contributed by atoms with Gasteiger partial charge in [-0.05, 0) is 49.4 Å². The number of para-hydroxylation sites is 1. The number of rotatable bonds is 4. The van der Waals surface area contributed by atoms with E-state index >= 15 is 0 Å². The van der Waals surface area contributed by atoms with Crippen molar-refractivity contribution in [3.63, 3.8) is 0 Å². The molecular formula is C20H14ClN4O. The van der Waals surface area contributed by atoms with Gasteiger partial charge in [0.1, 0.15) is 29.2 Å². The summed E-state index contributed by atoms with van der Waals surface area (Å²) in [5, 5.41) is 13.1. The molecule has 0 unspecified atom stereocenters. The molecule has 1 aromatic heterocycles. The van der Waals surface area contributed by atoms with Crippen molar-refractivity contribution in [1.29, 1.82) is 0 Å². The molecule has 1 aliphatic rings. The van der Waals surface area contributed by atoms with E-state index in [2.05, 4.69) is 26.9 Å². The molecular weight excluding hydrogens is 348 g/mol. The van der Waals surface area contributed by atoms with E-state index in [1.807, 2.05) is 67.6 Å². The number of hydrogen-bond donors (Lipinski definition) is 1. The molecule has 4 rings (SSSR count). The summed E-state index contributed by atoms with van der Waals surface area (Å²) < 4.78 is 5.90. The van der Waals surface area contributed by atoms with Crippen molar-refractivity contribution in [3.8, 4) is 11.3 Å². The predicted molar refractivity (Wildman–Crippen MR) is 105 cm³/mol. The number of aryl methyl sites for hydroxylation is 1. The Balaban J connectivity index is 1.62. The van der Waals surface area contributed by atoms with Crippen molar-refractivity contribution in [2.45, 2.75) is 6.92 Å². The minimum absolute atomic E-state index is 0.528. The Bertz CT molecular complexity index is 1020. The number of anilines is 1. The van der Waals surface area contributed by atoms with E-state index in [0.717, 1.165) is 28.3 Å². The number of hydrazone groups is 1. The molecule has 5 nitrogen and oxygen atoms in total. The van der Waals surface area contributed by atoms with E-state index < -0.39 is 0 Å². The third-order valence-electron chi connectivity index (χ3n) is 3.90. The van der Waals surface area contributed by atoms with Gasteiger partial charge in [-0.15, -0.1) is 10.2 Å². The number of hydrogen-bond acceptors (Lipinski definition) is 5. The van der Waals surface area contributed by atoms with Crippen molar-refractivity contribution in [1.82, 2.24) is 0 Å². The second-order valence-electron chi connectivity index (χ2n) is 5.69. The molecule has 3 aromatic rings. The molecule has 127 valence electrons. The lowest BCUT2D eigenvalue weighted by molar-refractivity contribution is 0.547. The van der Waals surface area contributed by atoms with Crippen LogP contribution >= 0.6 is 11.6 Å². The summed E-state index contributed by atoms with van der Waals surface area (Å²) >= 11 is 5.95. The Hall–Kier alpha value is -3.18. The zero-order valence-corrected chi connectivity index (χ0v) is 14.7. The number of nitrogens with one attached hydrogen (secondary N) is 1. The molecule has 6 heteroatoms. The molecule has 0 amide bonds. The Morgan fingerprint density at radius 3 is 2.62 bits per heavy atom. The number of halogens is 1. The first-order valence-electron chi connectivity index (χ1n) is 8.00. The topological polar surface area (TPSA) is 62.2 Å². The molecule has 0 bridgehead atoms. The van der Waals surface area contributed by atoms with Crippen LogP contribution in [0.1, 0.15) is 11.3 Å². The van der Waals surface area contributed by atoms with Gasteiger partial charge in [0, 0.05) is 16.1 Å². The highest BCUT2D eigenvalue weighted by Gasteiger charge is 2.21. The van der Waals surface area contributed by atoms with Gasteiger partial charge in [-0.3, -0.25) is 5.43 Å². The van der Waals surface area contributed by atoms with E-state index in [1.54, 1.807) is 0 Å². The molecule has 0 atom stereocenters. The van der Waals surface area contributed by atoms with Gasteiger partial charge >= 0.3 is 0 Å². The van der Waals surface area contributed by atoms with Crippen LogP contribution in [0.4, 0.5) is 5.69 Å². The number of benzene rings is 2. The lowest BCUT2D eigenvalue weighted by Crippen LogP contribution is -2.15. The van der Waals surface area contributed by atoms with Gasteiger partial charge in [-0.25, -0.2) is 0 Å². The normalized spacial score (nSPS) is 14.7. The highest BCUT2D eigenvalue weighted by Crippen LogP contribution is 2.27. The molecule has 2 aromatic carbocycles. The van der Waals surface area contributed by atoms with Crippen LogP contribution < -0.4 is 5.43 Å². The number of nitrogens with zero attached hydrogens (tertiary/aromatic N) is 3. The van der Waals surface area contributed by atoms with E-state index in [-0.39, 0.29) is 0 Å². The third-order valence-corrected chi connectivity index (χ3v) is 4.15. The number of furan rings is 1. The summed E-state index contributed by atoms with van der Waals surface area (Å²) in [5.41, 5.74) is 6.78. The van der Waals surface area contributed by atoms with Crippen LogP contribution in [-0.4, -0.2) is 17.6 Å². The summed E-state index contributed by atoms with van der Waals surface area (Å²) in [5.74, 6) is 1.47. The maximum absolute atomic E-state index is 5.95. The Morgan fingerprint density at radius 2 is 1.85 bits per heavy atom. The van der Waals surface area contributed by atoms with E-state index in [1.165, 1.54) is 0 Å². The molecule has 0 fully saturated rings. The summed E-state index contributed by atoms with van der Waals surface area (Å²) in [6.07, 6.45) is 2.81. The van der Waals surface area contributed by atoms with Crippen LogP contribution in [0.3, 0.4) is 0 Å². The summed E-state index contributed by atoms with van der Waals surface area (Å²) in [4.78, 5) is 0. The summed E-state index contributed by atoms with van der Waals surface area (Å²) in [6.45, 7) is 1.89. The Morgan fingerprint density at radius 1 is 1.08 bits per heavy atom. The fraction of sp³-hybridized carbons (Fsp3) is 0.0500. The standard InChI is InChI=1S/C20H14ClN4O/c1-13-17(11-19(26-13)14-7-9-15(21)10-8-14)20-18(12-22-25-20)24-23-16-5-3-2-4-6-16/h2-11,23H,1H3. The molecule has 0 aliphatic carbocycles. The minimum atomic E-state index is 0.528. The molecule has 1 N–H and O–H groups in total. The van der Waals surface area contributed by atoms with Crippen LogP contribution in [0, 0.1) is 6.92 Å². The van der Waals surface area contributed by atoms with Gasteiger partial charge in [0.2, 0.25) is 0 Å². The SMILES string of the molecule is Cc1oc(-c2ccc(Cl)cc2)cc1C1=NN=[C]C1=NNc1ccccc1. The van der Waals surface area contributed by atoms with Crippen LogP contribution in [0.2, 0.25) is 5.02 Å². The van der Waals surface area contributed by atoms with E-state index in [4.69, 9.17) is 16.0 Å². The lowest BCUT2D eigenvalue weighted by atomic mass is 10.1. The zero-order valence-electron chi connectivity index (χ0n) is 13.9. The van der Waals surface area contributed by atoms with Gasteiger partial charge in [0.15, 0.2) is 0 Å². The molecule has 0 saturated heterocycles. The van der Waals surface area contributed by atoms with Crippen LogP contribution in [0.15, 0.2) is 80.4 Å². The maximum atomic E-state index is 5.95. The van der Waals surface area contributed by atoms with Gasteiger partial charge in [-0.1, -0.05) is 29.8 Å². The van der Waals surface area contributed by atoms with E-state index in [0.29, 0.717) is 16.4 Å². The van der Waals surface area contributed by atoms with Crippen molar-refractivity contribution in [2.75, 3.05) is 5.43 Å². The highest BCUT2D eigenvalue weighted by atomic mass is 35.5. The first-order valence-corrected chi connectivity index (χ1v) is 8.38. The fourth-order valence-electron chi connectivity index (χ4n) is 2.59. The fourth-order valence-corrected chi connectivity index (χ4v) is 2.71. The summed E-state index contributed by atoms with van der Waals surface area (Å²) in [7, 11) is 0. The minimum Gasteiger partial charge on any atom is -0.461 e. The van der Waals surface area contributed by atoms with Crippen LogP contribution in [0.25, 0.3) is 11.3 Å². The smallest absolute Gasteiger partial charge is 0.145 e. The highest BCUT2D eigenvalue weighted by molar-refractivity contribution is 6.67. The molecule has 0 spiro atoms. The lowest BCUT2D eigenvalue weighted by Gasteiger charge is -2.02. The monoisotopic (exact) mass is 361 g/mol.